The van der Waals surface area contributed by atoms with Gasteiger partial charge in [0.05, 0.1) is 33.6 Å². The van der Waals surface area contributed by atoms with Crippen LogP contribution >= 0.6 is 46.2 Å². The van der Waals surface area contributed by atoms with E-state index in [1.54, 1.807) is 46.2 Å². The van der Waals surface area contributed by atoms with E-state index in [2.05, 4.69) is 63.2 Å². The van der Waals surface area contributed by atoms with Gasteiger partial charge >= 0.3 is 0 Å². The normalized spacial score (nSPS) is 11.9. The first-order valence-corrected chi connectivity index (χ1v) is 16.4. The van der Waals surface area contributed by atoms with Gasteiger partial charge in [0.1, 0.15) is 11.5 Å². The molecule has 4 nitrogen and oxygen atoms in total. The van der Waals surface area contributed by atoms with E-state index in [0.717, 1.165) is 42.7 Å². The van der Waals surface area contributed by atoms with Crippen LogP contribution in [0.5, 0.6) is 11.5 Å². The Morgan fingerprint density at radius 2 is 1.16 bits per heavy atom. The van der Waals surface area contributed by atoms with Crippen LogP contribution in [-0.2, 0) is 16.9 Å². The fourth-order valence-electron chi connectivity index (χ4n) is 4.06. The lowest BCUT2D eigenvalue weighted by Gasteiger charge is -2.21. The van der Waals surface area contributed by atoms with Crippen molar-refractivity contribution in [2.45, 2.75) is 60.2 Å². The minimum absolute atomic E-state index is 0.0805. The van der Waals surface area contributed by atoms with Gasteiger partial charge in [-0.2, -0.15) is 0 Å². The SMILES string of the molecule is CCOc1ccc2nc(SCc3cc(CSc4nc5ccc(OCC)cc5s4)cc(C(C)(C)C)c3)sc2c1. The Morgan fingerprint density at radius 1 is 0.684 bits per heavy atom. The average Bonchev–Trinajstić information content (AvgIpc) is 3.49. The molecule has 0 atom stereocenters. The Hall–Kier alpha value is -2.26. The van der Waals surface area contributed by atoms with E-state index in [9.17, 15) is 0 Å². The predicted octanol–water partition coefficient (Wildman–Crippen LogP) is 9.59. The van der Waals surface area contributed by atoms with E-state index in [4.69, 9.17) is 19.4 Å². The van der Waals surface area contributed by atoms with E-state index in [-0.39, 0.29) is 5.41 Å². The van der Waals surface area contributed by atoms with Crippen molar-refractivity contribution in [2.24, 2.45) is 0 Å². The zero-order valence-corrected chi connectivity index (χ0v) is 25.6. The number of ether oxygens (including phenoxy) is 2. The standard InChI is InChI=1S/C30H32N2O2S4/c1-6-33-22-8-10-24-26(15-22)37-28(31-24)35-17-19-12-20(14-21(13-19)30(3,4)5)18-36-29-32-25-11-9-23(34-7-2)16-27(25)38-29/h8-16H,6-7,17-18H2,1-5H3. The molecule has 0 spiro atoms. The molecule has 0 aliphatic carbocycles. The van der Waals surface area contributed by atoms with Crippen LogP contribution in [0.2, 0.25) is 0 Å². The summed E-state index contributed by atoms with van der Waals surface area (Å²) in [6.07, 6.45) is 0. The van der Waals surface area contributed by atoms with Crippen LogP contribution in [0.15, 0.2) is 63.3 Å². The van der Waals surface area contributed by atoms with Crippen molar-refractivity contribution in [3.8, 4) is 11.5 Å². The van der Waals surface area contributed by atoms with E-state index in [1.807, 2.05) is 26.0 Å². The van der Waals surface area contributed by atoms with Crippen LogP contribution < -0.4 is 9.47 Å². The number of benzene rings is 3. The van der Waals surface area contributed by atoms with Gasteiger partial charge in [-0.05, 0) is 72.4 Å². The van der Waals surface area contributed by atoms with Crippen LogP contribution in [0, 0.1) is 0 Å². The highest BCUT2D eigenvalue weighted by atomic mass is 32.2. The number of aromatic nitrogens is 2. The van der Waals surface area contributed by atoms with E-state index in [1.165, 1.54) is 26.1 Å². The number of thiazole rings is 2. The number of rotatable bonds is 10. The molecule has 3 aromatic carbocycles. The van der Waals surface area contributed by atoms with Gasteiger partial charge in [0.25, 0.3) is 0 Å². The third-order valence-corrected chi connectivity index (χ3v) is 10.4. The first-order chi connectivity index (χ1) is 18.3. The number of fused-ring (bicyclic) bond motifs is 2. The topological polar surface area (TPSA) is 44.2 Å². The number of thioether (sulfide) groups is 2. The Bertz CT molecular complexity index is 1450. The Kier molecular flexibility index (Phi) is 8.53. The second kappa shape index (κ2) is 11.9. The van der Waals surface area contributed by atoms with Gasteiger partial charge in [-0.25, -0.2) is 9.97 Å². The molecule has 5 aromatic rings. The summed E-state index contributed by atoms with van der Waals surface area (Å²) in [5.41, 5.74) is 6.17. The quantitative estimate of drug-likeness (QED) is 0.153. The highest BCUT2D eigenvalue weighted by Crippen LogP contribution is 2.37. The van der Waals surface area contributed by atoms with E-state index < -0.39 is 0 Å². The fraction of sp³-hybridized carbons (Fsp3) is 0.333. The minimum Gasteiger partial charge on any atom is -0.494 e. The van der Waals surface area contributed by atoms with Gasteiger partial charge in [-0.3, -0.25) is 0 Å². The summed E-state index contributed by atoms with van der Waals surface area (Å²) >= 11 is 7.09. The van der Waals surface area contributed by atoms with Crippen LogP contribution in [0.1, 0.15) is 51.3 Å². The van der Waals surface area contributed by atoms with Crippen molar-refractivity contribution in [3.63, 3.8) is 0 Å². The highest BCUT2D eigenvalue weighted by molar-refractivity contribution is 8.00. The fourth-order valence-corrected chi connectivity index (χ4v) is 8.11. The molecule has 0 aliphatic heterocycles. The first kappa shape index (κ1) is 27.3. The largest absolute Gasteiger partial charge is 0.494 e. The Morgan fingerprint density at radius 3 is 1.58 bits per heavy atom. The summed E-state index contributed by atoms with van der Waals surface area (Å²) < 4.78 is 15.8. The maximum atomic E-state index is 5.66. The van der Waals surface area contributed by atoms with Crippen LogP contribution in [0.3, 0.4) is 0 Å². The number of hydrogen-bond acceptors (Lipinski definition) is 8. The molecule has 0 N–H and O–H groups in total. The average molecular weight is 581 g/mol. The third kappa shape index (κ3) is 6.65. The molecule has 0 fully saturated rings. The zero-order chi connectivity index (χ0) is 26.7. The van der Waals surface area contributed by atoms with Gasteiger partial charge in [0, 0.05) is 11.5 Å². The van der Waals surface area contributed by atoms with E-state index >= 15 is 0 Å². The van der Waals surface area contributed by atoms with Crippen molar-refractivity contribution in [2.75, 3.05) is 13.2 Å². The molecular weight excluding hydrogens is 549 g/mol. The monoisotopic (exact) mass is 580 g/mol. The molecule has 0 saturated heterocycles. The summed E-state index contributed by atoms with van der Waals surface area (Å²) in [5.74, 6) is 3.59. The third-order valence-electron chi connectivity index (χ3n) is 5.95. The highest BCUT2D eigenvalue weighted by Gasteiger charge is 2.17. The molecule has 0 radical (unpaired) electrons. The Balaban J connectivity index is 1.31. The summed E-state index contributed by atoms with van der Waals surface area (Å²) in [7, 11) is 0. The molecule has 0 amide bonds. The van der Waals surface area contributed by atoms with Crippen molar-refractivity contribution in [1.29, 1.82) is 0 Å². The van der Waals surface area contributed by atoms with Crippen molar-refractivity contribution >= 4 is 66.6 Å². The van der Waals surface area contributed by atoms with Gasteiger partial charge in [0.15, 0.2) is 8.68 Å². The van der Waals surface area contributed by atoms with Gasteiger partial charge in [-0.15, -0.1) is 22.7 Å². The van der Waals surface area contributed by atoms with E-state index in [0.29, 0.717) is 13.2 Å². The predicted molar refractivity (Wildman–Crippen MR) is 166 cm³/mol. The van der Waals surface area contributed by atoms with Gasteiger partial charge < -0.3 is 9.47 Å². The lowest BCUT2D eigenvalue weighted by molar-refractivity contribution is 0.340. The Labute approximate surface area is 241 Å². The van der Waals surface area contributed by atoms with Crippen LogP contribution in [-0.4, -0.2) is 23.2 Å². The lowest BCUT2D eigenvalue weighted by atomic mass is 9.85. The molecule has 5 rings (SSSR count). The molecule has 38 heavy (non-hydrogen) atoms. The summed E-state index contributed by atoms with van der Waals surface area (Å²) in [6, 6.07) is 19.3. The van der Waals surface area contributed by atoms with Crippen molar-refractivity contribution in [3.05, 3.63) is 71.3 Å². The maximum Gasteiger partial charge on any atom is 0.151 e. The lowest BCUT2D eigenvalue weighted by Crippen LogP contribution is -2.12. The summed E-state index contributed by atoms with van der Waals surface area (Å²) in [4.78, 5) is 9.69. The molecule has 0 unspecified atom stereocenters. The van der Waals surface area contributed by atoms with Crippen LogP contribution in [0.4, 0.5) is 0 Å². The van der Waals surface area contributed by atoms with Crippen molar-refractivity contribution in [1.82, 2.24) is 9.97 Å². The smallest absolute Gasteiger partial charge is 0.151 e. The molecule has 0 bridgehead atoms. The van der Waals surface area contributed by atoms with Gasteiger partial charge in [-0.1, -0.05) is 62.5 Å². The molecule has 0 aliphatic rings. The second-order valence-electron chi connectivity index (χ2n) is 9.95. The van der Waals surface area contributed by atoms with Crippen molar-refractivity contribution < 1.29 is 9.47 Å². The zero-order valence-electron chi connectivity index (χ0n) is 22.4. The van der Waals surface area contributed by atoms with Gasteiger partial charge in [0.2, 0.25) is 0 Å². The number of hydrogen-bond donors (Lipinski definition) is 0. The minimum atomic E-state index is 0.0805. The summed E-state index contributed by atoms with van der Waals surface area (Å²) in [5, 5.41) is 0. The number of nitrogens with zero attached hydrogens (tertiary/aromatic N) is 2. The molecule has 8 heteroatoms. The second-order valence-corrected chi connectivity index (χ2v) is 14.5. The van der Waals surface area contributed by atoms with Crippen LogP contribution in [0.25, 0.3) is 20.4 Å². The molecular formula is C30H32N2O2S4. The summed E-state index contributed by atoms with van der Waals surface area (Å²) in [6.45, 7) is 12.2. The molecule has 2 heterocycles. The molecule has 0 saturated carbocycles. The molecule has 2 aromatic heterocycles. The molecule has 198 valence electrons. The maximum absolute atomic E-state index is 5.66. The first-order valence-electron chi connectivity index (χ1n) is 12.8.